The number of hydrogen-bond donors (Lipinski definition) is 2. The molecule has 1 amide bonds. The molecule has 0 bridgehead atoms. The van der Waals surface area contributed by atoms with Crippen LogP contribution in [0.15, 0.2) is 23.0 Å². The zero-order valence-electron chi connectivity index (χ0n) is 11.6. The van der Waals surface area contributed by atoms with Gasteiger partial charge < -0.3 is 15.0 Å². The Morgan fingerprint density at radius 2 is 2.00 bits per heavy atom. The fourth-order valence-corrected chi connectivity index (χ4v) is 3.68. The van der Waals surface area contributed by atoms with Crippen LogP contribution >= 0.6 is 0 Å². The van der Waals surface area contributed by atoms with Gasteiger partial charge in [0, 0.05) is 12.1 Å². The molecule has 1 aliphatic carbocycles. The summed E-state index contributed by atoms with van der Waals surface area (Å²) in [4.78, 5) is 39.5. The van der Waals surface area contributed by atoms with E-state index in [2.05, 4.69) is 4.98 Å². The highest BCUT2D eigenvalue weighted by Gasteiger charge is 2.47. The number of carbonyl (C=O) groups excluding carboxylic acids is 1. The van der Waals surface area contributed by atoms with Gasteiger partial charge in [0.15, 0.2) is 0 Å². The zero-order valence-corrected chi connectivity index (χ0v) is 11.6. The van der Waals surface area contributed by atoms with Crippen molar-refractivity contribution in [2.75, 3.05) is 0 Å². The lowest BCUT2D eigenvalue weighted by molar-refractivity contribution is -0.141. The first-order valence-electron chi connectivity index (χ1n) is 7.33. The summed E-state index contributed by atoms with van der Waals surface area (Å²) >= 11 is 0. The van der Waals surface area contributed by atoms with E-state index in [0.29, 0.717) is 6.42 Å². The van der Waals surface area contributed by atoms with Crippen molar-refractivity contribution in [3.8, 4) is 0 Å². The number of aliphatic carboxylic acids is 1. The molecular formula is C15H18N2O4. The van der Waals surface area contributed by atoms with Crippen molar-refractivity contribution in [2.24, 2.45) is 5.92 Å². The largest absolute Gasteiger partial charge is 0.480 e. The Bertz CT molecular complexity index is 624. The van der Waals surface area contributed by atoms with E-state index >= 15 is 0 Å². The molecule has 6 heteroatoms. The Balaban J connectivity index is 1.94. The van der Waals surface area contributed by atoms with Crippen molar-refractivity contribution in [3.05, 3.63) is 34.2 Å². The third kappa shape index (κ3) is 2.46. The maximum atomic E-state index is 12.7. The van der Waals surface area contributed by atoms with Gasteiger partial charge in [0.1, 0.15) is 11.7 Å². The maximum Gasteiger partial charge on any atom is 0.326 e. The zero-order chi connectivity index (χ0) is 15.0. The molecule has 2 aliphatic rings. The van der Waals surface area contributed by atoms with E-state index in [-0.39, 0.29) is 29.1 Å². The monoisotopic (exact) mass is 290 g/mol. The lowest BCUT2D eigenvalue weighted by atomic mass is 9.84. The molecule has 3 rings (SSSR count). The van der Waals surface area contributed by atoms with Crippen molar-refractivity contribution in [3.63, 3.8) is 0 Å². The summed E-state index contributed by atoms with van der Waals surface area (Å²) in [6, 6.07) is 3.57. The fourth-order valence-electron chi connectivity index (χ4n) is 3.68. The number of amides is 1. The average Bonchev–Trinajstić information content (AvgIpc) is 2.86. The highest BCUT2D eigenvalue weighted by molar-refractivity contribution is 5.95. The number of rotatable bonds is 2. The van der Waals surface area contributed by atoms with E-state index in [1.54, 1.807) is 0 Å². The lowest BCUT2D eigenvalue weighted by Gasteiger charge is -2.32. The van der Waals surface area contributed by atoms with Crippen LogP contribution in [0.2, 0.25) is 0 Å². The Kier molecular flexibility index (Phi) is 3.53. The molecule has 1 aromatic heterocycles. The van der Waals surface area contributed by atoms with Crippen LogP contribution in [-0.4, -0.2) is 39.0 Å². The van der Waals surface area contributed by atoms with Gasteiger partial charge in [-0.25, -0.2) is 4.79 Å². The maximum absolute atomic E-state index is 12.7. The molecule has 1 aliphatic heterocycles. The molecule has 112 valence electrons. The van der Waals surface area contributed by atoms with Crippen molar-refractivity contribution in [2.45, 2.75) is 44.2 Å². The number of aromatic nitrogens is 1. The standard InChI is InChI=1S/C15H18N2O4/c18-13-7-3-5-10(16-13)14(19)17-11-6-2-1-4-9(11)8-12(17)15(20)21/h3,5,7,9,11-12H,1-2,4,6,8H2,(H,16,18)(H,20,21). The second-order valence-corrected chi connectivity index (χ2v) is 5.84. The first-order chi connectivity index (χ1) is 10.1. The number of likely N-dealkylation sites (tertiary alicyclic amines) is 1. The quantitative estimate of drug-likeness (QED) is 0.857. The minimum Gasteiger partial charge on any atom is -0.480 e. The summed E-state index contributed by atoms with van der Waals surface area (Å²) in [7, 11) is 0. The van der Waals surface area contributed by atoms with Crippen molar-refractivity contribution < 1.29 is 14.7 Å². The van der Waals surface area contributed by atoms with Gasteiger partial charge in [0.05, 0.1) is 0 Å². The summed E-state index contributed by atoms with van der Waals surface area (Å²) in [5, 5.41) is 9.42. The van der Waals surface area contributed by atoms with Crippen molar-refractivity contribution in [1.29, 1.82) is 0 Å². The second-order valence-electron chi connectivity index (χ2n) is 5.84. The molecule has 1 aromatic rings. The number of nitrogens with one attached hydrogen (secondary N) is 1. The number of pyridine rings is 1. The number of fused-ring (bicyclic) bond motifs is 1. The number of hydrogen-bond acceptors (Lipinski definition) is 3. The molecule has 1 saturated carbocycles. The smallest absolute Gasteiger partial charge is 0.326 e. The summed E-state index contributed by atoms with van der Waals surface area (Å²) < 4.78 is 0. The summed E-state index contributed by atoms with van der Waals surface area (Å²) in [5.41, 5.74) is -0.188. The van der Waals surface area contributed by atoms with Crippen LogP contribution in [-0.2, 0) is 4.79 Å². The van der Waals surface area contributed by atoms with Crippen molar-refractivity contribution in [1.82, 2.24) is 9.88 Å². The summed E-state index contributed by atoms with van der Waals surface area (Å²) in [6.07, 6.45) is 4.45. The van der Waals surface area contributed by atoms with E-state index in [0.717, 1.165) is 25.7 Å². The molecule has 0 spiro atoms. The minimum atomic E-state index is -0.962. The van der Waals surface area contributed by atoms with Gasteiger partial charge in [-0.15, -0.1) is 0 Å². The van der Waals surface area contributed by atoms with E-state index in [9.17, 15) is 19.5 Å². The van der Waals surface area contributed by atoms with Crippen LogP contribution in [0.25, 0.3) is 0 Å². The molecule has 21 heavy (non-hydrogen) atoms. The molecule has 2 fully saturated rings. The van der Waals surface area contributed by atoms with Gasteiger partial charge in [-0.1, -0.05) is 18.9 Å². The van der Waals surface area contributed by atoms with Crippen LogP contribution in [0, 0.1) is 5.92 Å². The summed E-state index contributed by atoms with van der Waals surface area (Å²) in [5.74, 6) is -1.08. The molecular weight excluding hydrogens is 272 g/mol. The topological polar surface area (TPSA) is 90.5 Å². The van der Waals surface area contributed by atoms with Gasteiger partial charge in [0.25, 0.3) is 5.91 Å². The minimum absolute atomic E-state index is 0.0175. The van der Waals surface area contributed by atoms with Crippen LogP contribution in [0.3, 0.4) is 0 Å². The van der Waals surface area contributed by atoms with E-state index < -0.39 is 12.0 Å². The number of carbonyl (C=O) groups is 2. The predicted octanol–water partition coefficient (Wildman–Crippen LogP) is 1.23. The van der Waals surface area contributed by atoms with E-state index in [1.807, 2.05) is 0 Å². The van der Waals surface area contributed by atoms with Crippen LogP contribution < -0.4 is 5.56 Å². The second kappa shape index (κ2) is 5.35. The first kappa shape index (κ1) is 13.9. The Labute approximate surface area is 121 Å². The van der Waals surface area contributed by atoms with Gasteiger partial charge in [-0.05, 0) is 31.2 Å². The number of carboxylic acids is 1. The van der Waals surface area contributed by atoms with Crippen LogP contribution in [0.1, 0.15) is 42.6 Å². The molecule has 0 aromatic carbocycles. The molecule has 3 unspecified atom stereocenters. The average molecular weight is 290 g/mol. The van der Waals surface area contributed by atoms with Crippen LogP contribution in [0.4, 0.5) is 0 Å². The van der Waals surface area contributed by atoms with Crippen LogP contribution in [0.5, 0.6) is 0 Å². The molecule has 6 nitrogen and oxygen atoms in total. The number of carboxylic acid groups (broad SMARTS) is 1. The normalized spacial score (nSPS) is 28.2. The molecule has 2 heterocycles. The predicted molar refractivity (Wildman–Crippen MR) is 75.0 cm³/mol. The third-order valence-corrected chi connectivity index (χ3v) is 4.61. The molecule has 3 atom stereocenters. The summed E-state index contributed by atoms with van der Waals surface area (Å²) in [6.45, 7) is 0. The Morgan fingerprint density at radius 3 is 2.71 bits per heavy atom. The number of H-pyrrole nitrogens is 1. The first-order valence-corrected chi connectivity index (χ1v) is 7.33. The highest BCUT2D eigenvalue weighted by Crippen LogP contribution is 2.40. The fraction of sp³-hybridized carbons (Fsp3) is 0.533. The van der Waals surface area contributed by atoms with E-state index in [4.69, 9.17) is 0 Å². The van der Waals surface area contributed by atoms with Gasteiger partial charge in [-0.2, -0.15) is 0 Å². The van der Waals surface area contributed by atoms with Gasteiger partial charge in [0.2, 0.25) is 5.56 Å². The third-order valence-electron chi connectivity index (χ3n) is 4.61. The molecule has 2 N–H and O–H groups in total. The number of nitrogens with zero attached hydrogens (tertiary/aromatic N) is 1. The van der Waals surface area contributed by atoms with E-state index in [1.165, 1.54) is 23.1 Å². The Hall–Kier alpha value is -2.11. The molecule has 1 saturated heterocycles. The lowest BCUT2D eigenvalue weighted by Crippen LogP contribution is -2.46. The highest BCUT2D eigenvalue weighted by atomic mass is 16.4. The number of aromatic amines is 1. The molecule has 0 radical (unpaired) electrons. The SMILES string of the molecule is O=C(O)C1CC2CCCCC2N1C(=O)c1cccc(=O)[nH]1. The Morgan fingerprint density at radius 1 is 1.24 bits per heavy atom. The van der Waals surface area contributed by atoms with Gasteiger partial charge in [-0.3, -0.25) is 9.59 Å². The van der Waals surface area contributed by atoms with Gasteiger partial charge >= 0.3 is 5.97 Å². The van der Waals surface area contributed by atoms with Crippen molar-refractivity contribution >= 4 is 11.9 Å².